The van der Waals surface area contributed by atoms with E-state index in [1.54, 1.807) is 0 Å². The van der Waals surface area contributed by atoms with Crippen molar-refractivity contribution in [2.24, 2.45) is 0 Å². The second-order valence-corrected chi connectivity index (χ2v) is 16.0. The van der Waals surface area contributed by atoms with Crippen LogP contribution in [0, 0.1) is 0 Å². The van der Waals surface area contributed by atoms with Crippen LogP contribution < -0.4 is 4.90 Å². The van der Waals surface area contributed by atoms with E-state index in [-0.39, 0.29) is 5.41 Å². The number of nitrogens with zero attached hydrogens (tertiary/aromatic N) is 1. The van der Waals surface area contributed by atoms with Crippen LogP contribution in [0.25, 0.3) is 77.6 Å². The lowest BCUT2D eigenvalue weighted by atomic mass is 9.82. The van der Waals surface area contributed by atoms with Crippen LogP contribution in [-0.4, -0.2) is 0 Å². The van der Waals surface area contributed by atoms with Crippen LogP contribution in [0.15, 0.2) is 217 Å². The molecule has 0 atom stereocenters. The van der Waals surface area contributed by atoms with Gasteiger partial charge in [-0.3, -0.25) is 0 Å². The quantitative estimate of drug-likeness (QED) is 0.161. The van der Waals surface area contributed by atoms with Crippen LogP contribution >= 0.6 is 0 Å². The lowest BCUT2D eigenvalue weighted by Crippen LogP contribution is -2.17. The van der Waals surface area contributed by atoms with E-state index in [2.05, 4.69) is 225 Å². The molecule has 11 rings (SSSR count). The van der Waals surface area contributed by atoms with Crippen LogP contribution in [0.1, 0.15) is 25.0 Å². The molecule has 9 aromatic carbocycles. The minimum absolute atomic E-state index is 0.176. The molecule has 0 aliphatic heterocycles. The van der Waals surface area contributed by atoms with Crippen LogP contribution in [0.3, 0.4) is 0 Å². The van der Waals surface area contributed by atoms with Gasteiger partial charge in [0.05, 0.1) is 16.8 Å². The van der Waals surface area contributed by atoms with Crippen molar-refractivity contribution in [3.05, 3.63) is 223 Å². The van der Waals surface area contributed by atoms with Crippen molar-refractivity contribution >= 4 is 39.0 Å². The SMILES string of the molecule is CC1(C)c2ccccc2-c2ccc(N(c3cccc(-c4cccc(-c5ccccc5)c4)c3-c3ccccc3-c3ccccc3)c3cccc4oc5ccccc5c34)cc21. The fraction of sp³-hybridized carbons (Fsp3) is 0.0526. The minimum atomic E-state index is -0.176. The Morgan fingerprint density at radius 3 is 1.78 bits per heavy atom. The number of para-hydroxylation sites is 1. The van der Waals surface area contributed by atoms with Gasteiger partial charge in [-0.1, -0.05) is 184 Å². The van der Waals surface area contributed by atoms with Crippen molar-refractivity contribution in [3.8, 4) is 55.6 Å². The fourth-order valence-corrected chi connectivity index (χ4v) is 9.50. The summed E-state index contributed by atoms with van der Waals surface area (Å²) in [6.07, 6.45) is 0. The Balaban J connectivity index is 1.24. The Bertz CT molecular complexity index is 3190. The first-order chi connectivity index (χ1) is 29.0. The fourth-order valence-electron chi connectivity index (χ4n) is 9.50. The van der Waals surface area contributed by atoms with Crippen molar-refractivity contribution in [2.45, 2.75) is 19.3 Å². The second kappa shape index (κ2) is 13.9. The first-order valence-corrected chi connectivity index (χ1v) is 20.4. The Morgan fingerprint density at radius 2 is 0.949 bits per heavy atom. The van der Waals surface area contributed by atoms with Gasteiger partial charge in [0.2, 0.25) is 0 Å². The van der Waals surface area contributed by atoms with E-state index in [1.807, 2.05) is 6.07 Å². The van der Waals surface area contributed by atoms with E-state index >= 15 is 0 Å². The summed E-state index contributed by atoms with van der Waals surface area (Å²) >= 11 is 0. The van der Waals surface area contributed by atoms with Gasteiger partial charge in [-0.15, -0.1) is 0 Å². The summed E-state index contributed by atoms with van der Waals surface area (Å²) in [6.45, 7) is 4.72. The molecule has 1 aliphatic carbocycles. The Morgan fingerprint density at radius 1 is 0.373 bits per heavy atom. The van der Waals surface area contributed by atoms with E-state index < -0.39 is 0 Å². The van der Waals surface area contributed by atoms with Gasteiger partial charge in [-0.25, -0.2) is 0 Å². The van der Waals surface area contributed by atoms with Crippen molar-refractivity contribution in [1.82, 2.24) is 0 Å². The van der Waals surface area contributed by atoms with Crippen molar-refractivity contribution in [2.75, 3.05) is 4.90 Å². The molecule has 0 saturated heterocycles. The van der Waals surface area contributed by atoms with Gasteiger partial charge in [0, 0.05) is 22.1 Å². The number of furan rings is 1. The molecule has 0 bridgehead atoms. The second-order valence-electron chi connectivity index (χ2n) is 16.0. The molecule has 2 heteroatoms. The van der Waals surface area contributed by atoms with Crippen LogP contribution in [0.4, 0.5) is 17.1 Å². The highest BCUT2D eigenvalue weighted by Gasteiger charge is 2.36. The third-order valence-corrected chi connectivity index (χ3v) is 12.3. The number of fused-ring (bicyclic) bond motifs is 6. The third-order valence-electron chi connectivity index (χ3n) is 12.3. The Labute approximate surface area is 345 Å². The summed E-state index contributed by atoms with van der Waals surface area (Å²) in [5.74, 6) is 0. The zero-order valence-corrected chi connectivity index (χ0v) is 33.1. The van der Waals surface area contributed by atoms with Gasteiger partial charge in [-0.2, -0.15) is 0 Å². The van der Waals surface area contributed by atoms with Gasteiger partial charge in [-0.05, 0) is 104 Å². The predicted molar refractivity (Wildman–Crippen MR) is 248 cm³/mol. The standard InChI is InChI=1S/C57H41NO/c1-57(2)49-29-13-11-25-45(49)46-35-34-42(37-50(46)57)58(52-31-17-33-54-56(52)48-27-12-14-32-53(48)59-54)51-30-16-28-44(41-23-15-22-40(36-41)38-18-5-3-6-19-38)55(51)47-26-10-9-24-43(47)39-20-7-4-8-21-39/h3-37H,1-2H3. The molecule has 0 unspecified atom stereocenters. The summed E-state index contributed by atoms with van der Waals surface area (Å²) in [6, 6.07) is 77.0. The van der Waals surface area contributed by atoms with Gasteiger partial charge >= 0.3 is 0 Å². The average molecular weight is 756 g/mol. The van der Waals surface area contributed by atoms with Gasteiger partial charge in [0.15, 0.2) is 0 Å². The number of benzene rings is 9. The normalized spacial score (nSPS) is 12.7. The summed E-state index contributed by atoms with van der Waals surface area (Å²) in [4.78, 5) is 2.49. The summed E-state index contributed by atoms with van der Waals surface area (Å²) in [5, 5.41) is 2.18. The molecule has 0 N–H and O–H groups in total. The molecule has 1 aliphatic rings. The molecule has 0 fully saturated rings. The highest BCUT2D eigenvalue weighted by atomic mass is 16.3. The number of hydrogen-bond acceptors (Lipinski definition) is 2. The largest absolute Gasteiger partial charge is 0.456 e. The molecule has 280 valence electrons. The monoisotopic (exact) mass is 755 g/mol. The molecule has 0 amide bonds. The Kier molecular flexibility index (Phi) is 8.20. The van der Waals surface area contributed by atoms with Crippen LogP contribution in [-0.2, 0) is 5.41 Å². The van der Waals surface area contributed by atoms with E-state index in [9.17, 15) is 0 Å². The maximum atomic E-state index is 6.58. The molecule has 0 radical (unpaired) electrons. The van der Waals surface area contributed by atoms with E-state index in [0.29, 0.717) is 0 Å². The van der Waals surface area contributed by atoms with Crippen LogP contribution in [0.5, 0.6) is 0 Å². The third kappa shape index (κ3) is 5.71. The average Bonchev–Trinajstić information content (AvgIpc) is 3.79. The number of rotatable bonds is 7. The molecule has 1 aromatic heterocycles. The predicted octanol–water partition coefficient (Wildman–Crippen LogP) is 16.0. The van der Waals surface area contributed by atoms with Gasteiger partial charge < -0.3 is 9.32 Å². The zero-order valence-electron chi connectivity index (χ0n) is 33.1. The van der Waals surface area contributed by atoms with Crippen molar-refractivity contribution in [1.29, 1.82) is 0 Å². The van der Waals surface area contributed by atoms with E-state index in [0.717, 1.165) is 61.3 Å². The van der Waals surface area contributed by atoms with Gasteiger partial charge in [0.1, 0.15) is 11.2 Å². The maximum absolute atomic E-state index is 6.58. The summed E-state index contributed by atoms with van der Waals surface area (Å²) < 4.78 is 6.58. The molecular weight excluding hydrogens is 715 g/mol. The number of anilines is 3. The highest BCUT2D eigenvalue weighted by Crippen LogP contribution is 2.54. The lowest BCUT2D eigenvalue weighted by molar-refractivity contribution is 0.660. The van der Waals surface area contributed by atoms with E-state index in [4.69, 9.17) is 4.42 Å². The maximum Gasteiger partial charge on any atom is 0.137 e. The van der Waals surface area contributed by atoms with Crippen molar-refractivity contribution < 1.29 is 4.42 Å². The number of hydrogen-bond donors (Lipinski definition) is 0. The molecule has 1 heterocycles. The smallest absolute Gasteiger partial charge is 0.137 e. The molecule has 0 saturated carbocycles. The topological polar surface area (TPSA) is 16.4 Å². The molecular formula is C57H41NO. The van der Waals surface area contributed by atoms with Crippen molar-refractivity contribution in [3.63, 3.8) is 0 Å². The molecule has 2 nitrogen and oxygen atoms in total. The lowest BCUT2D eigenvalue weighted by Gasteiger charge is -2.31. The molecule has 10 aromatic rings. The van der Waals surface area contributed by atoms with Gasteiger partial charge in [0.25, 0.3) is 0 Å². The summed E-state index contributed by atoms with van der Waals surface area (Å²) in [7, 11) is 0. The van der Waals surface area contributed by atoms with Crippen LogP contribution in [0.2, 0.25) is 0 Å². The molecule has 0 spiro atoms. The zero-order chi connectivity index (χ0) is 39.5. The summed E-state index contributed by atoms with van der Waals surface area (Å²) in [5.41, 5.74) is 19.5. The highest BCUT2D eigenvalue weighted by molar-refractivity contribution is 6.14. The first kappa shape index (κ1) is 34.8. The Hall–Kier alpha value is -7.42. The first-order valence-electron chi connectivity index (χ1n) is 20.4. The molecule has 59 heavy (non-hydrogen) atoms. The minimum Gasteiger partial charge on any atom is -0.456 e. The van der Waals surface area contributed by atoms with E-state index in [1.165, 1.54) is 44.5 Å².